The summed E-state index contributed by atoms with van der Waals surface area (Å²) < 4.78 is 9.15. The van der Waals surface area contributed by atoms with Crippen LogP contribution >= 0.6 is 11.3 Å². The van der Waals surface area contributed by atoms with Crippen LogP contribution in [0.3, 0.4) is 0 Å². The summed E-state index contributed by atoms with van der Waals surface area (Å²) in [5.41, 5.74) is 6.07. The number of hydrogen-bond acceptors (Lipinski definition) is 2. The van der Waals surface area contributed by atoms with Crippen LogP contribution in [-0.4, -0.2) is 0 Å². The van der Waals surface area contributed by atoms with Gasteiger partial charge in [-0.05, 0) is 46.6 Å². The summed E-state index contributed by atoms with van der Waals surface area (Å²) in [5.74, 6) is 0. The quantitative estimate of drug-likeness (QED) is 0.255. The summed E-state index contributed by atoms with van der Waals surface area (Å²) in [6, 6.07) is 28.8. The summed E-state index contributed by atoms with van der Waals surface area (Å²) in [4.78, 5) is 0. The van der Waals surface area contributed by atoms with Gasteiger partial charge in [0.2, 0.25) is 0 Å². The predicted octanol–water partition coefficient (Wildman–Crippen LogP) is 9.77. The summed E-state index contributed by atoms with van der Waals surface area (Å²) in [7, 11) is 0. The van der Waals surface area contributed by atoms with E-state index in [2.05, 4.69) is 113 Å². The lowest BCUT2D eigenvalue weighted by Gasteiger charge is -2.28. The van der Waals surface area contributed by atoms with Gasteiger partial charge in [0.25, 0.3) is 0 Å². The van der Waals surface area contributed by atoms with E-state index in [9.17, 15) is 0 Å². The monoisotopic (exact) mass is 462 g/mol. The number of para-hydroxylation sites is 1. The molecule has 34 heavy (non-hydrogen) atoms. The van der Waals surface area contributed by atoms with Gasteiger partial charge in [-0.25, -0.2) is 0 Å². The van der Waals surface area contributed by atoms with Gasteiger partial charge >= 0.3 is 0 Å². The second-order valence-electron chi connectivity index (χ2n) is 11.2. The van der Waals surface area contributed by atoms with Gasteiger partial charge in [-0.15, -0.1) is 11.3 Å². The molecule has 0 radical (unpaired) electrons. The number of thiophene rings is 1. The lowest BCUT2D eigenvalue weighted by molar-refractivity contribution is 0.524. The fraction of sp³-hybridized carbons (Fsp3) is 0.250. The van der Waals surface area contributed by atoms with Crippen LogP contribution in [0, 0.1) is 0 Å². The van der Waals surface area contributed by atoms with Gasteiger partial charge in [0.1, 0.15) is 11.2 Å². The standard InChI is InChI=1S/C32H30OS/c1-31(2,3)26-18-20(17-24-21-11-6-8-15-27(21)33-29(24)26)19-32(4,5)25-14-10-13-23-22-12-7-9-16-28(22)34-30(23)25/h6-18H,19H2,1-5H3. The van der Waals surface area contributed by atoms with Crippen LogP contribution in [0.15, 0.2) is 83.3 Å². The molecule has 170 valence electrons. The smallest absolute Gasteiger partial charge is 0.139 e. The van der Waals surface area contributed by atoms with E-state index in [0.717, 1.165) is 17.6 Å². The van der Waals surface area contributed by atoms with Crippen molar-refractivity contribution in [2.24, 2.45) is 0 Å². The zero-order chi connectivity index (χ0) is 23.7. The summed E-state index contributed by atoms with van der Waals surface area (Å²) in [5, 5.41) is 5.17. The molecular formula is C32H30OS. The highest BCUT2D eigenvalue weighted by atomic mass is 32.1. The van der Waals surface area contributed by atoms with Crippen molar-refractivity contribution in [3.05, 3.63) is 95.6 Å². The van der Waals surface area contributed by atoms with Gasteiger partial charge in [-0.2, -0.15) is 0 Å². The molecule has 2 heterocycles. The minimum absolute atomic E-state index is 0.00221. The Morgan fingerprint density at radius 3 is 2.18 bits per heavy atom. The molecule has 6 rings (SSSR count). The molecule has 0 aliphatic carbocycles. The molecule has 0 bridgehead atoms. The third-order valence-corrected chi connectivity index (χ3v) is 8.35. The minimum atomic E-state index is -0.0112. The highest BCUT2D eigenvalue weighted by molar-refractivity contribution is 7.26. The molecule has 2 heteroatoms. The van der Waals surface area contributed by atoms with Gasteiger partial charge < -0.3 is 4.42 Å². The average molecular weight is 463 g/mol. The van der Waals surface area contributed by atoms with Crippen molar-refractivity contribution in [1.29, 1.82) is 0 Å². The van der Waals surface area contributed by atoms with E-state index in [1.54, 1.807) is 0 Å². The summed E-state index contributed by atoms with van der Waals surface area (Å²) in [6.07, 6.45) is 0.971. The molecule has 2 aromatic heterocycles. The Hall–Kier alpha value is -3.10. The van der Waals surface area contributed by atoms with Gasteiger partial charge in [0, 0.05) is 36.5 Å². The second-order valence-corrected chi connectivity index (χ2v) is 12.3. The third kappa shape index (κ3) is 3.35. The van der Waals surface area contributed by atoms with Gasteiger partial charge in [-0.1, -0.05) is 95.3 Å². The fourth-order valence-electron chi connectivity index (χ4n) is 5.43. The molecule has 0 aliphatic heterocycles. The Morgan fingerprint density at radius 1 is 0.676 bits per heavy atom. The zero-order valence-electron chi connectivity index (χ0n) is 20.5. The van der Waals surface area contributed by atoms with Crippen LogP contribution < -0.4 is 0 Å². The molecule has 0 N–H and O–H groups in total. The Labute approximate surface area is 205 Å². The van der Waals surface area contributed by atoms with E-state index in [1.807, 2.05) is 11.3 Å². The first kappa shape index (κ1) is 21.4. The SMILES string of the molecule is CC(C)(C)c1cc(CC(C)(C)c2cccc3c2sc2ccccc23)cc2c1oc1ccccc12. The number of benzene rings is 4. The Morgan fingerprint density at radius 2 is 1.38 bits per heavy atom. The lowest BCUT2D eigenvalue weighted by atomic mass is 9.77. The summed E-state index contributed by atoms with van der Waals surface area (Å²) in [6.45, 7) is 11.6. The topological polar surface area (TPSA) is 13.1 Å². The van der Waals surface area contributed by atoms with Crippen LogP contribution in [0.5, 0.6) is 0 Å². The van der Waals surface area contributed by atoms with E-state index in [-0.39, 0.29) is 10.8 Å². The molecule has 6 aromatic rings. The fourth-order valence-corrected chi connectivity index (χ4v) is 6.83. The first-order valence-corrected chi connectivity index (χ1v) is 12.9. The molecule has 0 unspecified atom stereocenters. The summed E-state index contributed by atoms with van der Waals surface area (Å²) >= 11 is 1.92. The highest BCUT2D eigenvalue weighted by Crippen LogP contribution is 2.43. The van der Waals surface area contributed by atoms with E-state index in [0.29, 0.717) is 0 Å². The molecule has 4 aromatic carbocycles. The maximum absolute atomic E-state index is 6.37. The van der Waals surface area contributed by atoms with Crippen LogP contribution in [0.25, 0.3) is 42.1 Å². The maximum Gasteiger partial charge on any atom is 0.139 e. The number of hydrogen-bond donors (Lipinski definition) is 0. The Kier molecular flexibility index (Phi) is 4.70. The van der Waals surface area contributed by atoms with E-state index < -0.39 is 0 Å². The van der Waals surface area contributed by atoms with E-state index >= 15 is 0 Å². The molecule has 0 saturated heterocycles. The lowest BCUT2D eigenvalue weighted by Crippen LogP contribution is -2.21. The van der Waals surface area contributed by atoms with Crippen molar-refractivity contribution in [2.45, 2.75) is 51.9 Å². The number of rotatable bonds is 3. The first-order chi connectivity index (χ1) is 16.2. The average Bonchev–Trinajstić information content (AvgIpc) is 3.36. The molecule has 0 aliphatic rings. The van der Waals surface area contributed by atoms with Crippen LogP contribution in [0.1, 0.15) is 51.3 Å². The maximum atomic E-state index is 6.37. The Bertz CT molecular complexity index is 1690. The normalized spacial score (nSPS) is 13.0. The molecule has 0 amide bonds. The molecular weight excluding hydrogens is 432 g/mol. The van der Waals surface area contributed by atoms with Crippen molar-refractivity contribution in [2.75, 3.05) is 0 Å². The molecule has 0 atom stereocenters. The van der Waals surface area contributed by atoms with Crippen molar-refractivity contribution < 1.29 is 4.42 Å². The van der Waals surface area contributed by atoms with Crippen molar-refractivity contribution in [1.82, 2.24) is 0 Å². The van der Waals surface area contributed by atoms with Gasteiger partial charge in [0.15, 0.2) is 0 Å². The number of fused-ring (bicyclic) bond motifs is 6. The van der Waals surface area contributed by atoms with E-state index in [4.69, 9.17) is 4.42 Å². The van der Waals surface area contributed by atoms with Gasteiger partial charge in [0.05, 0.1) is 0 Å². The number of furan rings is 1. The van der Waals surface area contributed by atoms with Gasteiger partial charge in [-0.3, -0.25) is 0 Å². The van der Waals surface area contributed by atoms with Crippen molar-refractivity contribution >= 4 is 53.4 Å². The molecule has 1 nitrogen and oxygen atoms in total. The Balaban J connectivity index is 1.53. The largest absolute Gasteiger partial charge is 0.456 e. The van der Waals surface area contributed by atoms with Crippen LogP contribution in [0.2, 0.25) is 0 Å². The zero-order valence-corrected chi connectivity index (χ0v) is 21.3. The first-order valence-electron chi connectivity index (χ1n) is 12.1. The molecule has 0 spiro atoms. The highest BCUT2D eigenvalue weighted by Gasteiger charge is 2.27. The van der Waals surface area contributed by atoms with Crippen LogP contribution in [-0.2, 0) is 17.3 Å². The van der Waals surface area contributed by atoms with Crippen molar-refractivity contribution in [3.63, 3.8) is 0 Å². The third-order valence-electron chi connectivity index (χ3n) is 7.13. The van der Waals surface area contributed by atoms with Crippen LogP contribution in [0.4, 0.5) is 0 Å². The van der Waals surface area contributed by atoms with Crippen molar-refractivity contribution in [3.8, 4) is 0 Å². The van der Waals surface area contributed by atoms with E-state index in [1.165, 1.54) is 47.6 Å². The minimum Gasteiger partial charge on any atom is -0.456 e. The molecule has 0 saturated carbocycles. The molecule has 0 fully saturated rings. The predicted molar refractivity (Wildman–Crippen MR) is 148 cm³/mol. The second kappa shape index (κ2) is 7.45.